The molecule has 0 saturated heterocycles. The van der Waals surface area contributed by atoms with E-state index in [1.807, 2.05) is 19.1 Å². The molecule has 0 unspecified atom stereocenters. The van der Waals surface area contributed by atoms with E-state index in [2.05, 4.69) is 15.0 Å². The number of aromatic nitrogens is 3. The van der Waals surface area contributed by atoms with E-state index in [0.29, 0.717) is 17.1 Å². The largest absolute Gasteiger partial charge is 0.496 e. The predicted octanol–water partition coefficient (Wildman–Crippen LogP) is 4.02. The van der Waals surface area contributed by atoms with Gasteiger partial charge >= 0.3 is 0 Å². The highest BCUT2D eigenvalue weighted by Crippen LogP contribution is 2.38. The molecule has 1 aromatic carbocycles. The van der Waals surface area contributed by atoms with Crippen LogP contribution in [0.5, 0.6) is 5.75 Å². The van der Waals surface area contributed by atoms with Crippen LogP contribution >= 0.6 is 11.6 Å². The highest BCUT2D eigenvalue weighted by Gasteiger charge is 2.21. The molecule has 0 amide bonds. The van der Waals surface area contributed by atoms with Crippen molar-refractivity contribution in [2.24, 2.45) is 0 Å². The van der Waals surface area contributed by atoms with E-state index in [1.165, 1.54) is 19.2 Å². The number of nitro benzene ring substituents is 1. The highest BCUT2D eigenvalue weighted by molar-refractivity contribution is 6.33. The molecule has 8 heteroatoms. The molecule has 0 radical (unpaired) electrons. The number of halogens is 1. The first-order chi connectivity index (χ1) is 11.5. The molecule has 0 atom stereocenters. The molecule has 2 heterocycles. The van der Waals surface area contributed by atoms with Gasteiger partial charge in [-0.05, 0) is 19.1 Å². The average Bonchev–Trinajstić information content (AvgIpc) is 2.96. The summed E-state index contributed by atoms with van der Waals surface area (Å²) in [5.74, 6) is 0.861. The van der Waals surface area contributed by atoms with Crippen molar-refractivity contribution in [3.8, 4) is 28.4 Å². The van der Waals surface area contributed by atoms with Crippen molar-refractivity contribution in [2.75, 3.05) is 7.11 Å². The number of nitrogens with zero attached hydrogens (tertiary/aromatic N) is 3. The van der Waals surface area contributed by atoms with Gasteiger partial charge in [0.15, 0.2) is 0 Å². The van der Waals surface area contributed by atoms with Gasteiger partial charge < -0.3 is 9.72 Å². The molecule has 122 valence electrons. The van der Waals surface area contributed by atoms with Crippen molar-refractivity contribution in [1.82, 2.24) is 15.0 Å². The number of hydrogen-bond acceptors (Lipinski definition) is 5. The predicted molar refractivity (Wildman–Crippen MR) is 90.2 cm³/mol. The number of hydrogen-bond donors (Lipinski definition) is 1. The fourth-order valence-electron chi connectivity index (χ4n) is 2.41. The topological polar surface area (TPSA) is 93.9 Å². The van der Waals surface area contributed by atoms with E-state index in [0.717, 1.165) is 17.0 Å². The van der Waals surface area contributed by atoms with Crippen molar-refractivity contribution >= 4 is 17.3 Å². The van der Waals surface area contributed by atoms with Gasteiger partial charge in [-0.15, -0.1) is 0 Å². The lowest BCUT2D eigenvalue weighted by Gasteiger charge is -2.07. The lowest BCUT2D eigenvalue weighted by molar-refractivity contribution is -0.384. The number of ether oxygens (including phenoxy) is 1. The van der Waals surface area contributed by atoms with E-state index >= 15 is 0 Å². The van der Waals surface area contributed by atoms with Crippen molar-refractivity contribution in [3.63, 3.8) is 0 Å². The first-order valence-electron chi connectivity index (χ1n) is 7.00. The first kappa shape index (κ1) is 15.9. The maximum atomic E-state index is 11.1. The van der Waals surface area contributed by atoms with Crippen molar-refractivity contribution in [3.05, 3.63) is 57.5 Å². The number of pyridine rings is 1. The molecule has 0 aliphatic heterocycles. The lowest BCUT2D eigenvalue weighted by atomic mass is 10.1. The maximum Gasteiger partial charge on any atom is 0.288 e. The summed E-state index contributed by atoms with van der Waals surface area (Å²) < 4.78 is 5.29. The molecule has 7 nitrogen and oxygen atoms in total. The third-order valence-corrected chi connectivity index (χ3v) is 3.84. The number of nitrogens with one attached hydrogen (secondary N) is 1. The number of imidazole rings is 1. The molecule has 24 heavy (non-hydrogen) atoms. The molecule has 2 aromatic heterocycles. The van der Waals surface area contributed by atoms with Gasteiger partial charge in [0, 0.05) is 35.8 Å². The third kappa shape index (κ3) is 2.81. The minimum absolute atomic E-state index is 0.0105. The zero-order valence-electron chi connectivity index (χ0n) is 12.9. The number of nitro groups is 1. The Hall–Kier alpha value is -2.93. The van der Waals surface area contributed by atoms with Crippen LogP contribution in [-0.2, 0) is 0 Å². The van der Waals surface area contributed by atoms with Gasteiger partial charge in [0.25, 0.3) is 5.69 Å². The minimum Gasteiger partial charge on any atom is -0.496 e. The van der Waals surface area contributed by atoms with Gasteiger partial charge in [-0.3, -0.25) is 15.1 Å². The van der Waals surface area contributed by atoms with Gasteiger partial charge in [-0.25, -0.2) is 4.98 Å². The first-order valence-corrected chi connectivity index (χ1v) is 7.38. The van der Waals surface area contributed by atoms with Crippen molar-refractivity contribution in [2.45, 2.75) is 6.92 Å². The molecule has 0 aliphatic rings. The van der Waals surface area contributed by atoms with Crippen molar-refractivity contribution < 1.29 is 9.66 Å². The number of H-pyrrole nitrogens is 1. The summed E-state index contributed by atoms with van der Waals surface area (Å²) in [6.45, 7) is 1.87. The normalized spacial score (nSPS) is 10.6. The highest BCUT2D eigenvalue weighted by atomic mass is 35.5. The molecule has 0 bridgehead atoms. The Morgan fingerprint density at radius 1 is 1.38 bits per heavy atom. The summed E-state index contributed by atoms with van der Waals surface area (Å²) in [6.07, 6.45) is 3.38. The minimum atomic E-state index is -0.539. The molecular formula is C16H13ClN4O3. The number of benzene rings is 1. The molecule has 0 fully saturated rings. The molecule has 0 spiro atoms. The molecular weight excluding hydrogens is 332 g/mol. The van der Waals surface area contributed by atoms with Gasteiger partial charge in [0.05, 0.1) is 23.3 Å². The van der Waals surface area contributed by atoms with Gasteiger partial charge in [0.1, 0.15) is 16.6 Å². The van der Waals surface area contributed by atoms with Gasteiger partial charge in [0.2, 0.25) is 0 Å². The Balaban J connectivity index is 2.16. The van der Waals surface area contributed by atoms with Crippen LogP contribution in [0.15, 0.2) is 36.7 Å². The molecule has 0 aliphatic carbocycles. The molecule has 0 saturated carbocycles. The van der Waals surface area contributed by atoms with Crippen LogP contribution in [0.4, 0.5) is 5.69 Å². The second-order valence-corrected chi connectivity index (χ2v) is 5.47. The second-order valence-electron chi connectivity index (χ2n) is 5.06. The van der Waals surface area contributed by atoms with Crippen LogP contribution in [0, 0.1) is 17.0 Å². The fourth-order valence-corrected chi connectivity index (χ4v) is 2.63. The average molecular weight is 345 g/mol. The fraction of sp³-hybridized carbons (Fsp3) is 0.125. The Bertz CT molecular complexity index is 909. The summed E-state index contributed by atoms with van der Waals surface area (Å²) in [5.41, 5.74) is 2.65. The standard InChI is InChI=1S/C16H13ClN4O3/c1-9-15(10-4-3-5-18-8-10)20-16(19-9)11-6-13(21(22)23)12(17)7-14(11)24-2/h3-8H,1-2H3,(H,19,20). The summed E-state index contributed by atoms with van der Waals surface area (Å²) in [6, 6.07) is 6.47. The Morgan fingerprint density at radius 3 is 2.79 bits per heavy atom. The summed E-state index contributed by atoms with van der Waals surface area (Å²) in [7, 11) is 1.47. The number of aryl methyl sites for hydroxylation is 1. The molecule has 3 rings (SSSR count). The monoisotopic (exact) mass is 344 g/mol. The number of methoxy groups -OCH3 is 1. The summed E-state index contributed by atoms with van der Waals surface area (Å²) in [5, 5.41) is 11.2. The van der Waals surface area contributed by atoms with Crippen molar-refractivity contribution in [1.29, 1.82) is 0 Å². The van der Waals surface area contributed by atoms with E-state index in [-0.39, 0.29) is 10.7 Å². The Morgan fingerprint density at radius 2 is 2.17 bits per heavy atom. The maximum absolute atomic E-state index is 11.1. The zero-order chi connectivity index (χ0) is 17.3. The molecule has 3 aromatic rings. The van der Waals surface area contributed by atoms with E-state index in [9.17, 15) is 10.1 Å². The lowest BCUT2D eigenvalue weighted by Crippen LogP contribution is -1.95. The van der Waals surface area contributed by atoms with Gasteiger partial charge in [-0.1, -0.05) is 11.6 Å². The van der Waals surface area contributed by atoms with Crippen LogP contribution in [0.2, 0.25) is 5.02 Å². The van der Waals surface area contributed by atoms with Crippen LogP contribution in [-0.4, -0.2) is 27.0 Å². The number of aromatic amines is 1. The Kier molecular flexibility index (Phi) is 4.18. The summed E-state index contributed by atoms with van der Waals surface area (Å²) in [4.78, 5) is 22.4. The van der Waals surface area contributed by atoms with Crippen LogP contribution in [0.1, 0.15) is 5.69 Å². The van der Waals surface area contributed by atoms with Crippen LogP contribution in [0.25, 0.3) is 22.6 Å². The third-order valence-electron chi connectivity index (χ3n) is 3.54. The second kappa shape index (κ2) is 6.29. The van der Waals surface area contributed by atoms with Gasteiger partial charge in [-0.2, -0.15) is 0 Å². The van der Waals surface area contributed by atoms with E-state index in [4.69, 9.17) is 16.3 Å². The van der Waals surface area contributed by atoms with Crippen LogP contribution < -0.4 is 4.74 Å². The zero-order valence-corrected chi connectivity index (χ0v) is 13.7. The SMILES string of the molecule is COc1cc(Cl)c([N+](=O)[O-])cc1-c1nc(-c2cccnc2)c(C)[nH]1. The van der Waals surface area contributed by atoms with E-state index < -0.39 is 4.92 Å². The quantitative estimate of drug-likeness (QED) is 0.570. The Labute approximate surface area is 142 Å². The van der Waals surface area contributed by atoms with Crippen LogP contribution in [0.3, 0.4) is 0 Å². The smallest absolute Gasteiger partial charge is 0.288 e. The summed E-state index contributed by atoms with van der Waals surface area (Å²) >= 11 is 5.93. The molecule has 1 N–H and O–H groups in total. The number of rotatable bonds is 4. The van der Waals surface area contributed by atoms with E-state index in [1.54, 1.807) is 12.4 Å².